The molecular weight excluding hydrogens is 499 g/mol. The Kier molecular flexibility index (Phi) is 8.07. The van der Waals surface area contributed by atoms with E-state index in [9.17, 15) is 14.4 Å². The number of hydrogen-bond acceptors (Lipinski definition) is 3. The fourth-order valence-corrected chi connectivity index (χ4v) is 5.68. The lowest BCUT2D eigenvalue weighted by Crippen LogP contribution is -2.34. The highest BCUT2D eigenvalue weighted by Crippen LogP contribution is 2.39. The zero-order valence-electron chi connectivity index (χ0n) is 21.2. The van der Waals surface area contributed by atoms with Crippen molar-refractivity contribution in [2.24, 2.45) is 0 Å². The molecule has 0 bridgehead atoms. The van der Waals surface area contributed by atoms with Crippen molar-refractivity contribution in [2.45, 2.75) is 31.7 Å². The van der Waals surface area contributed by atoms with Crippen molar-refractivity contribution in [3.05, 3.63) is 106 Å². The van der Waals surface area contributed by atoms with Gasteiger partial charge in [-0.3, -0.25) is 4.79 Å². The summed E-state index contributed by atoms with van der Waals surface area (Å²) < 4.78 is 15.6. The number of nitriles is 1. The smallest absolute Gasteiger partial charge is 0.220 e. The minimum atomic E-state index is -0.345. The van der Waals surface area contributed by atoms with E-state index in [-0.39, 0.29) is 24.1 Å². The highest BCUT2D eigenvalue weighted by Gasteiger charge is 2.26. The number of carbonyl (C=O) groups excluding carboxylic acids is 1. The number of para-hydroxylation sites is 1. The molecule has 1 N–H and O–H groups in total. The van der Waals surface area contributed by atoms with Crippen molar-refractivity contribution >= 4 is 28.4 Å². The number of halogens is 2. The molecule has 4 aromatic rings. The van der Waals surface area contributed by atoms with Gasteiger partial charge in [-0.2, -0.15) is 5.26 Å². The van der Waals surface area contributed by atoms with Gasteiger partial charge in [0.1, 0.15) is 11.9 Å². The summed E-state index contributed by atoms with van der Waals surface area (Å²) in [5.41, 5.74) is 4.09. The first-order valence-corrected chi connectivity index (χ1v) is 13.4. The molecule has 0 radical (unpaired) electrons. The molecule has 5 rings (SSSR count). The van der Waals surface area contributed by atoms with Gasteiger partial charge < -0.3 is 14.8 Å². The maximum Gasteiger partial charge on any atom is 0.220 e. The molecule has 7 heteroatoms. The number of likely N-dealkylation sites (tertiary alicyclic amines) is 1. The van der Waals surface area contributed by atoms with E-state index in [1.54, 1.807) is 18.2 Å². The summed E-state index contributed by atoms with van der Waals surface area (Å²) in [7, 11) is 0. The third-order valence-corrected chi connectivity index (χ3v) is 7.75. The Balaban J connectivity index is 1.49. The Morgan fingerprint density at radius 1 is 1.03 bits per heavy atom. The van der Waals surface area contributed by atoms with Gasteiger partial charge in [0.25, 0.3) is 0 Å². The molecule has 1 atom stereocenters. The number of nitrogens with one attached hydrogen (secondary N) is 1. The van der Waals surface area contributed by atoms with E-state index >= 15 is 0 Å². The van der Waals surface area contributed by atoms with Crippen LogP contribution in [0.15, 0.2) is 72.9 Å². The summed E-state index contributed by atoms with van der Waals surface area (Å²) >= 11 is 6.73. The molecule has 1 saturated heterocycles. The summed E-state index contributed by atoms with van der Waals surface area (Å²) in [5, 5.41) is 14.1. The van der Waals surface area contributed by atoms with Gasteiger partial charge >= 0.3 is 0 Å². The number of aromatic nitrogens is 1. The van der Waals surface area contributed by atoms with Gasteiger partial charge in [0, 0.05) is 49.1 Å². The maximum atomic E-state index is 13.5. The molecule has 1 fully saturated rings. The molecule has 0 spiro atoms. The second-order valence-corrected chi connectivity index (χ2v) is 10.2. The first kappa shape index (κ1) is 26.0. The highest BCUT2D eigenvalue weighted by atomic mass is 35.5. The largest absolute Gasteiger partial charge is 0.355 e. The minimum absolute atomic E-state index is 0.0528. The summed E-state index contributed by atoms with van der Waals surface area (Å²) in [6.07, 6.45) is 4.70. The third-order valence-electron chi connectivity index (χ3n) is 7.32. The second-order valence-electron chi connectivity index (χ2n) is 9.83. The summed E-state index contributed by atoms with van der Waals surface area (Å²) in [6.45, 7) is 4.18. The molecule has 1 aliphatic heterocycles. The fourth-order valence-electron chi connectivity index (χ4n) is 5.38. The molecule has 0 unspecified atom stereocenters. The Labute approximate surface area is 227 Å². The lowest BCUT2D eigenvalue weighted by atomic mass is 9.87. The molecule has 1 aromatic heterocycles. The normalized spacial score (nSPS) is 14.4. The van der Waals surface area contributed by atoms with E-state index < -0.39 is 0 Å². The van der Waals surface area contributed by atoms with Crippen LogP contribution >= 0.6 is 11.6 Å². The zero-order valence-corrected chi connectivity index (χ0v) is 21.9. The van der Waals surface area contributed by atoms with Crippen LogP contribution in [0.25, 0.3) is 10.9 Å². The predicted molar refractivity (Wildman–Crippen MR) is 149 cm³/mol. The van der Waals surface area contributed by atoms with E-state index in [2.05, 4.69) is 27.0 Å². The molecule has 2 heterocycles. The van der Waals surface area contributed by atoms with Crippen LogP contribution in [0.3, 0.4) is 0 Å². The van der Waals surface area contributed by atoms with Crippen molar-refractivity contribution in [3.63, 3.8) is 0 Å². The molecule has 194 valence electrons. The minimum Gasteiger partial charge on any atom is -0.355 e. The van der Waals surface area contributed by atoms with Gasteiger partial charge in [-0.1, -0.05) is 54.1 Å². The van der Waals surface area contributed by atoms with Crippen molar-refractivity contribution < 1.29 is 9.18 Å². The van der Waals surface area contributed by atoms with E-state index in [0.717, 1.165) is 47.2 Å². The number of amides is 1. The average molecular weight is 529 g/mol. The quantitative estimate of drug-likeness (QED) is 0.286. The van der Waals surface area contributed by atoms with Gasteiger partial charge in [-0.15, -0.1) is 0 Å². The summed E-state index contributed by atoms with van der Waals surface area (Å²) in [5.74, 6) is -0.667. The molecule has 1 amide bonds. The van der Waals surface area contributed by atoms with Gasteiger partial charge in [-0.25, -0.2) is 4.39 Å². The van der Waals surface area contributed by atoms with E-state index in [4.69, 9.17) is 11.6 Å². The second kappa shape index (κ2) is 11.8. The number of carbonyl (C=O) groups is 1. The Morgan fingerprint density at radius 2 is 1.79 bits per heavy atom. The van der Waals surface area contributed by atoms with E-state index in [1.165, 1.54) is 25.0 Å². The lowest BCUT2D eigenvalue weighted by Gasteiger charge is -2.20. The van der Waals surface area contributed by atoms with Gasteiger partial charge in [0.15, 0.2) is 0 Å². The van der Waals surface area contributed by atoms with Crippen molar-refractivity contribution in [3.8, 4) is 6.07 Å². The molecular formula is C31H30ClFN4O. The number of nitrogens with zero attached hydrogens (tertiary/aromatic N) is 3. The topological polar surface area (TPSA) is 61.1 Å². The third kappa shape index (κ3) is 5.75. The number of fused-ring (bicyclic) bond motifs is 1. The van der Waals surface area contributed by atoms with Crippen LogP contribution in [0.2, 0.25) is 5.02 Å². The number of hydrogen-bond donors (Lipinski definition) is 1. The van der Waals surface area contributed by atoms with E-state index in [0.29, 0.717) is 23.7 Å². The molecule has 0 saturated carbocycles. The van der Waals surface area contributed by atoms with Crippen LogP contribution in [0.1, 0.15) is 47.4 Å². The van der Waals surface area contributed by atoms with E-state index in [1.807, 2.05) is 36.4 Å². The number of benzene rings is 3. The van der Waals surface area contributed by atoms with Crippen molar-refractivity contribution in [1.82, 2.24) is 14.8 Å². The molecule has 3 aromatic carbocycles. The molecule has 38 heavy (non-hydrogen) atoms. The maximum absolute atomic E-state index is 13.5. The summed E-state index contributed by atoms with van der Waals surface area (Å²) in [4.78, 5) is 15.6. The molecule has 0 aliphatic carbocycles. The SMILES string of the molecule is N#Cc1cccc([C@H](CC(=O)NCCN2CCCC2)c2cn(Cc3ccc(F)cc3)c3ccccc23)c1Cl. The first-order chi connectivity index (χ1) is 18.5. The Bertz CT molecular complexity index is 1470. The Hall–Kier alpha value is -3.66. The monoisotopic (exact) mass is 528 g/mol. The zero-order chi connectivity index (χ0) is 26.5. The average Bonchev–Trinajstić information content (AvgIpc) is 3.57. The standard InChI is InChI=1S/C31H30ClFN4O/c32-31-23(19-34)6-5-8-26(31)27(18-30(38)35-14-17-36-15-3-4-16-36)28-21-37(29-9-2-1-7-25(28)29)20-22-10-12-24(33)13-11-22/h1-2,5-13,21,27H,3-4,14-18,20H2,(H,35,38)/t27-/m0/s1. The van der Waals surface area contributed by atoms with Crippen LogP contribution < -0.4 is 5.32 Å². The predicted octanol–water partition coefficient (Wildman–Crippen LogP) is 6.09. The van der Waals surface area contributed by atoms with Crippen LogP contribution in [-0.4, -0.2) is 41.6 Å². The van der Waals surface area contributed by atoms with Gasteiger partial charge in [-0.05, 0) is 66.9 Å². The number of rotatable bonds is 9. The fraction of sp³-hybridized carbons (Fsp3) is 0.290. The van der Waals surface area contributed by atoms with Gasteiger partial charge in [0.2, 0.25) is 5.91 Å². The summed E-state index contributed by atoms with van der Waals surface area (Å²) in [6, 6.07) is 22.1. The van der Waals surface area contributed by atoms with Crippen molar-refractivity contribution in [2.75, 3.05) is 26.2 Å². The lowest BCUT2D eigenvalue weighted by molar-refractivity contribution is -0.121. The van der Waals surface area contributed by atoms with Gasteiger partial charge in [0.05, 0.1) is 10.6 Å². The van der Waals surface area contributed by atoms with Crippen LogP contribution in [0, 0.1) is 17.1 Å². The van der Waals surface area contributed by atoms with Crippen LogP contribution in [0.4, 0.5) is 4.39 Å². The van der Waals surface area contributed by atoms with Crippen molar-refractivity contribution in [1.29, 1.82) is 5.26 Å². The van der Waals surface area contributed by atoms with Crippen LogP contribution in [-0.2, 0) is 11.3 Å². The Morgan fingerprint density at radius 3 is 2.55 bits per heavy atom. The molecule has 5 nitrogen and oxygen atoms in total. The first-order valence-electron chi connectivity index (χ1n) is 13.0. The molecule has 1 aliphatic rings. The van der Waals surface area contributed by atoms with Crippen LogP contribution in [0.5, 0.6) is 0 Å². The highest BCUT2D eigenvalue weighted by molar-refractivity contribution is 6.32.